The number of cyclic esters (lactones) is 1. The van der Waals surface area contributed by atoms with Crippen molar-refractivity contribution in [3.05, 3.63) is 35.4 Å². The Balaban J connectivity index is 1.32. The van der Waals surface area contributed by atoms with Crippen LogP contribution in [0.2, 0.25) is 0 Å². The number of unbranched alkanes of at least 4 members (excludes halogenated alkanes) is 6. The normalized spacial score (nSPS) is 39.4. The fraction of sp³-hybridized carbons (Fsp3) is 0.857. The van der Waals surface area contributed by atoms with Crippen molar-refractivity contribution in [2.24, 2.45) is 28.1 Å². The van der Waals surface area contributed by atoms with Crippen LogP contribution in [0.1, 0.15) is 163 Å². The fourth-order valence-electron chi connectivity index (χ4n) is 12.1. The number of amides is 1. The number of hydrogen-bond acceptors (Lipinski definition) is 19. The fourth-order valence-corrected chi connectivity index (χ4v) is 12.1. The van der Waals surface area contributed by atoms with E-state index in [1.165, 1.54) is 14.0 Å². The molecule has 5 rings (SSSR count). The van der Waals surface area contributed by atoms with Gasteiger partial charge in [0, 0.05) is 57.6 Å². The highest BCUT2D eigenvalue weighted by Gasteiger charge is 2.53. The van der Waals surface area contributed by atoms with Gasteiger partial charge in [-0.1, -0.05) is 82.4 Å². The first-order chi connectivity index (χ1) is 35.8. The smallest absolute Gasteiger partial charge is 0.311 e. The second kappa shape index (κ2) is 28.5. The predicted molar refractivity (Wildman–Crippen MR) is 284 cm³/mol. The molecule has 19 atom stereocenters. The average molecular weight is 1080 g/mol. The Hall–Kier alpha value is -2.96. The Kier molecular flexibility index (Phi) is 23.9. The zero-order valence-corrected chi connectivity index (χ0v) is 48.0. The summed E-state index contributed by atoms with van der Waals surface area (Å²) in [6.45, 7) is 20.1. The number of methoxy groups -OCH3 is 1. The Bertz CT molecular complexity index is 1970. The van der Waals surface area contributed by atoms with Crippen LogP contribution in [0.3, 0.4) is 0 Å². The highest BCUT2D eigenvalue weighted by Crippen LogP contribution is 2.41. The van der Waals surface area contributed by atoms with Gasteiger partial charge in [0.1, 0.15) is 36.1 Å². The van der Waals surface area contributed by atoms with E-state index in [1.807, 2.05) is 44.8 Å². The van der Waals surface area contributed by atoms with Crippen molar-refractivity contribution in [2.75, 3.05) is 40.8 Å². The molecule has 1 unspecified atom stereocenters. The minimum Gasteiger partial charge on any atom is -0.459 e. The lowest BCUT2D eigenvalue weighted by atomic mass is 9.77. The van der Waals surface area contributed by atoms with Gasteiger partial charge in [-0.2, -0.15) is 5.11 Å². The van der Waals surface area contributed by atoms with E-state index in [0.717, 1.165) is 69.2 Å². The van der Waals surface area contributed by atoms with Gasteiger partial charge in [0.25, 0.3) is 0 Å². The monoisotopic (exact) mass is 1080 g/mol. The van der Waals surface area contributed by atoms with Crippen LogP contribution in [-0.4, -0.2) is 189 Å². The van der Waals surface area contributed by atoms with Crippen LogP contribution in [-0.2, 0) is 44.6 Å². The summed E-state index contributed by atoms with van der Waals surface area (Å²) < 4.78 is 38.4. The summed E-state index contributed by atoms with van der Waals surface area (Å²) in [5.74, 6) is -3.10. The number of benzene rings is 1. The topological polar surface area (TPSA) is 257 Å². The van der Waals surface area contributed by atoms with E-state index >= 15 is 0 Å². The van der Waals surface area contributed by atoms with Crippen molar-refractivity contribution in [1.29, 1.82) is 0 Å². The van der Waals surface area contributed by atoms with Gasteiger partial charge in [-0.3, -0.25) is 24.7 Å². The molecule has 0 spiro atoms. The number of hydroxylamine groups is 1. The Morgan fingerprint density at radius 1 is 0.895 bits per heavy atom. The number of hydrogen-bond donors (Lipinski definition) is 7. The number of carbonyl (C=O) groups excluding carboxylic acids is 2. The molecule has 20 nitrogen and oxygen atoms in total. The molecule has 4 heterocycles. The highest BCUT2D eigenvalue weighted by molar-refractivity contribution is 5.74. The molecule has 76 heavy (non-hydrogen) atoms. The van der Waals surface area contributed by atoms with Crippen molar-refractivity contribution in [1.82, 2.24) is 20.3 Å². The molecule has 20 heteroatoms. The van der Waals surface area contributed by atoms with Crippen molar-refractivity contribution in [3.63, 3.8) is 0 Å². The van der Waals surface area contributed by atoms with Crippen LogP contribution in [0.25, 0.3) is 0 Å². The zero-order valence-electron chi connectivity index (χ0n) is 48.0. The molecule has 3 saturated heterocycles. The van der Waals surface area contributed by atoms with Crippen LogP contribution in [0, 0.1) is 17.8 Å². The van der Waals surface area contributed by atoms with Crippen molar-refractivity contribution in [2.45, 2.75) is 249 Å². The lowest BCUT2D eigenvalue weighted by Gasteiger charge is -2.49. The summed E-state index contributed by atoms with van der Waals surface area (Å²) in [5, 5.41) is 79.6. The van der Waals surface area contributed by atoms with Gasteiger partial charge < -0.3 is 58.9 Å². The van der Waals surface area contributed by atoms with E-state index in [-0.39, 0.29) is 43.2 Å². The molecule has 0 aromatic heterocycles. The molecule has 0 radical (unpaired) electrons. The molecule has 7 N–H and O–H groups in total. The zero-order chi connectivity index (χ0) is 56.3. The number of carbonyl (C=O) groups is 2. The van der Waals surface area contributed by atoms with Crippen LogP contribution < -0.4 is 5.48 Å². The molecular formula is C56H98N6O14. The minimum absolute atomic E-state index is 0.0615. The molecule has 436 valence electrons. The van der Waals surface area contributed by atoms with Crippen LogP contribution in [0.4, 0.5) is 0 Å². The van der Waals surface area contributed by atoms with Crippen molar-refractivity contribution < 1.29 is 68.8 Å². The molecular weight excluding hydrogens is 981 g/mol. The summed E-state index contributed by atoms with van der Waals surface area (Å²) in [6.07, 6.45) is -1.44. The van der Waals surface area contributed by atoms with E-state index < -0.39 is 102 Å². The van der Waals surface area contributed by atoms with Crippen molar-refractivity contribution in [3.8, 4) is 0 Å². The third-order valence-electron chi connectivity index (χ3n) is 17.1. The van der Waals surface area contributed by atoms with Gasteiger partial charge in [-0.15, -0.1) is 0 Å². The molecule has 4 aliphatic heterocycles. The van der Waals surface area contributed by atoms with E-state index in [4.69, 9.17) is 33.6 Å². The summed E-state index contributed by atoms with van der Waals surface area (Å²) in [7, 11) is 5.32. The standard InChI is InChI=1S/C56H98N6O14/c1-14-44-56(10,69)49(65)38(6)60(11)31-34(2)29-54(8,68)51(36(4)48(37(5)52(67)74-44)75-46-30-55(9,71-13)50(66)39(7)73-46)76-53-47(64)43(28-35(3)72-53)61(12)32-40-23-25-41(26-24-40)42-33-62(59-57-42)27-21-19-17-15-16-18-20-22-45(63)58-70/h23-26,34-39,42-44,46-51,53,64-66,68-70H,14-22,27-33H2,1-13H3,(H,58,63)/t34-,35-,36+,37-,38-,39+,42?,43+,44-,46+,47+,48+,49-,50+,51-,53+,54-,55-,56-/m1/s1. The minimum atomic E-state index is -1.84. The number of nitrogens with one attached hydrogen (secondary N) is 1. The first-order valence-corrected chi connectivity index (χ1v) is 28.2. The Labute approximate surface area is 453 Å². The molecule has 3 fully saturated rings. The molecule has 0 aliphatic carbocycles. The Morgan fingerprint density at radius 3 is 2.17 bits per heavy atom. The number of esters is 1. The van der Waals surface area contributed by atoms with Gasteiger partial charge in [-0.25, -0.2) is 5.48 Å². The lowest BCUT2D eigenvalue weighted by molar-refractivity contribution is -0.318. The van der Waals surface area contributed by atoms with E-state index in [0.29, 0.717) is 25.9 Å². The average Bonchev–Trinajstić information content (AvgIpc) is 3.85. The molecule has 0 saturated carbocycles. The maximum Gasteiger partial charge on any atom is 0.311 e. The largest absolute Gasteiger partial charge is 0.459 e. The van der Waals surface area contributed by atoms with Crippen LogP contribution in [0.15, 0.2) is 34.6 Å². The van der Waals surface area contributed by atoms with Crippen LogP contribution in [0.5, 0.6) is 0 Å². The first kappa shape index (κ1) is 63.9. The number of aliphatic hydroxyl groups is 5. The number of aliphatic hydroxyl groups excluding tert-OH is 3. The molecule has 1 aromatic carbocycles. The van der Waals surface area contributed by atoms with Gasteiger partial charge in [0.15, 0.2) is 12.6 Å². The maximum atomic E-state index is 14.5. The van der Waals surface area contributed by atoms with Crippen molar-refractivity contribution >= 4 is 11.9 Å². The summed E-state index contributed by atoms with van der Waals surface area (Å²) in [5.41, 5.74) is -0.728. The number of rotatable bonds is 20. The lowest BCUT2D eigenvalue weighted by Crippen LogP contribution is -2.60. The number of nitrogens with zero attached hydrogens (tertiary/aromatic N) is 5. The third-order valence-corrected chi connectivity index (χ3v) is 17.1. The van der Waals surface area contributed by atoms with Gasteiger partial charge in [0.05, 0.1) is 48.1 Å². The molecule has 1 amide bonds. The maximum absolute atomic E-state index is 14.5. The number of likely N-dealkylation sites (N-methyl/N-ethyl adjacent to an activating group) is 2. The number of ether oxygens (including phenoxy) is 6. The molecule has 4 aliphatic rings. The van der Waals surface area contributed by atoms with Gasteiger partial charge in [-0.05, 0) is 112 Å². The van der Waals surface area contributed by atoms with E-state index in [2.05, 4.69) is 39.5 Å². The third kappa shape index (κ3) is 16.6. The van der Waals surface area contributed by atoms with Gasteiger partial charge in [0.2, 0.25) is 5.91 Å². The molecule has 1 aromatic rings. The summed E-state index contributed by atoms with van der Waals surface area (Å²) >= 11 is 0. The predicted octanol–water partition coefficient (Wildman–Crippen LogP) is 5.82. The van der Waals surface area contributed by atoms with E-state index in [9.17, 15) is 35.1 Å². The van der Waals surface area contributed by atoms with Gasteiger partial charge >= 0.3 is 5.97 Å². The highest BCUT2D eigenvalue weighted by atomic mass is 16.7. The second-order valence-corrected chi connectivity index (χ2v) is 23.8. The first-order valence-electron chi connectivity index (χ1n) is 28.2. The quantitative estimate of drug-likeness (QED) is 0.0351. The molecule has 0 bridgehead atoms. The Morgan fingerprint density at radius 2 is 1.54 bits per heavy atom. The summed E-state index contributed by atoms with van der Waals surface area (Å²) in [6, 6.07) is 7.30. The van der Waals surface area contributed by atoms with E-state index in [1.54, 1.807) is 47.0 Å². The summed E-state index contributed by atoms with van der Waals surface area (Å²) in [4.78, 5) is 29.7. The SMILES string of the molecule is CC[C@H]1OC(=O)[C@H](C)[C@@H](O[C@H]2C[C@@](C)(OC)[C@@H](O)[C@H](C)O2)[C@H](C)[C@@H](O[C@@H]2O[C@H](C)C[C@H](N(C)Cc3ccc(C4CN(CCCCCCCCCC(=O)NO)N=N4)cc3)[C@@H]2O)[C@](C)(O)C[C@@H](C)CN(C)[C@H](C)[C@@H](O)[C@]1(C)O. The van der Waals surface area contributed by atoms with Crippen LogP contribution >= 0.6 is 0 Å². The second-order valence-electron chi connectivity index (χ2n) is 23.8.